The van der Waals surface area contributed by atoms with Crippen molar-refractivity contribution >= 4 is 5.78 Å². The first-order valence-corrected chi connectivity index (χ1v) is 8.38. The first-order chi connectivity index (χ1) is 9.83. The summed E-state index contributed by atoms with van der Waals surface area (Å²) in [7, 11) is 0. The standard InChI is InChI=1S/C19H30O/c1-2-3-4-5-6-7-8-12-15-19(20)17-16-18-13-10-9-11-14-18/h9-11,13-14H,2-8,12,15-17H2,1H3. The summed E-state index contributed by atoms with van der Waals surface area (Å²) in [6, 6.07) is 10.3. The number of carbonyl (C=O) groups excluding carboxylic acids is 1. The average molecular weight is 274 g/mol. The molecule has 0 atom stereocenters. The third kappa shape index (κ3) is 8.90. The average Bonchev–Trinajstić information content (AvgIpc) is 2.49. The van der Waals surface area contributed by atoms with Crippen LogP contribution in [0.1, 0.15) is 76.7 Å². The fourth-order valence-corrected chi connectivity index (χ4v) is 2.51. The first kappa shape index (κ1) is 16.9. The van der Waals surface area contributed by atoms with Crippen LogP contribution >= 0.6 is 0 Å². The molecule has 1 nitrogen and oxygen atoms in total. The molecule has 0 unspecified atom stereocenters. The van der Waals surface area contributed by atoms with Gasteiger partial charge in [0.2, 0.25) is 0 Å². The van der Waals surface area contributed by atoms with Crippen LogP contribution in [0.25, 0.3) is 0 Å². The Balaban J connectivity index is 1.93. The van der Waals surface area contributed by atoms with Crippen LogP contribution in [0.2, 0.25) is 0 Å². The van der Waals surface area contributed by atoms with Gasteiger partial charge in [-0.1, -0.05) is 82.2 Å². The van der Waals surface area contributed by atoms with Crippen LogP contribution < -0.4 is 0 Å². The van der Waals surface area contributed by atoms with Crippen molar-refractivity contribution in [3.8, 4) is 0 Å². The zero-order valence-electron chi connectivity index (χ0n) is 13.1. The van der Waals surface area contributed by atoms with Crippen LogP contribution in [-0.4, -0.2) is 5.78 Å². The van der Waals surface area contributed by atoms with E-state index in [2.05, 4.69) is 19.1 Å². The van der Waals surface area contributed by atoms with E-state index in [1.54, 1.807) is 0 Å². The molecule has 0 spiro atoms. The van der Waals surface area contributed by atoms with Gasteiger partial charge in [0, 0.05) is 12.8 Å². The van der Waals surface area contributed by atoms with Gasteiger partial charge in [0.05, 0.1) is 0 Å². The van der Waals surface area contributed by atoms with Crippen molar-refractivity contribution in [3.05, 3.63) is 35.9 Å². The maximum absolute atomic E-state index is 11.8. The smallest absolute Gasteiger partial charge is 0.133 e. The van der Waals surface area contributed by atoms with Crippen molar-refractivity contribution in [3.63, 3.8) is 0 Å². The highest BCUT2D eigenvalue weighted by atomic mass is 16.1. The van der Waals surface area contributed by atoms with Crippen LogP contribution in [0, 0.1) is 0 Å². The van der Waals surface area contributed by atoms with E-state index in [0.29, 0.717) is 12.2 Å². The Labute approximate surface area is 124 Å². The summed E-state index contributed by atoms with van der Waals surface area (Å²) in [5.41, 5.74) is 1.27. The maximum Gasteiger partial charge on any atom is 0.133 e. The minimum absolute atomic E-state index is 0.430. The van der Waals surface area contributed by atoms with Crippen LogP contribution in [0.3, 0.4) is 0 Å². The number of rotatable bonds is 12. The molecule has 0 aliphatic rings. The number of aryl methyl sites for hydroxylation is 1. The van der Waals surface area contributed by atoms with E-state index >= 15 is 0 Å². The fraction of sp³-hybridized carbons (Fsp3) is 0.632. The van der Waals surface area contributed by atoms with Crippen LogP contribution in [0.15, 0.2) is 30.3 Å². The maximum atomic E-state index is 11.8. The summed E-state index contributed by atoms with van der Waals surface area (Å²) in [5, 5.41) is 0. The lowest BCUT2D eigenvalue weighted by molar-refractivity contribution is -0.119. The molecule has 0 N–H and O–H groups in total. The molecule has 0 amide bonds. The number of hydrogen-bond acceptors (Lipinski definition) is 1. The third-order valence-electron chi connectivity index (χ3n) is 3.84. The van der Waals surface area contributed by atoms with Crippen molar-refractivity contribution in [2.24, 2.45) is 0 Å². The van der Waals surface area contributed by atoms with E-state index in [1.165, 1.54) is 50.5 Å². The lowest BCUT2D eigenvalue weighted by Crippen LogP contribution is -2.00. The molecular formula is C19H30O. The van der Waals surface area contributed by atoms with Gasteiger partial charge in [-0.05, 0) is 18.4 Å². The Kier molecular flexibility index (Phi) is 9.91. The predicted molar refractivity (Wildman–Crippen MR) is 87.0 cm³/mol. The summed E-state index contributed by atoms with van der Waals surface area (Å²) in [4.78, 5) is 11.8. The summed E-state index contributed by atoms with van der Waals surface area (Å²) in [5.74, 6) is 0.430. The highest BCUT2D eigenvalue weighted by Crippen LogP contribution is 2.11. The summed E-state index contributed by atoms with van der Waals surface area (Å²) >= 11 is 0. The molecule has 0 aliphatic carbocycles. The van der Waals surface area contributed by atoms with Gasteiger partial charge in [-0.3, -0.25) is 4.79 Å². The van der Waals surface area contributed by atoms with Gasteiger partial charge in [0.25, 0.3) is 0 Å². The minimum Gasteiger partial charge on any atom is -0.300 e. The molecule has 0 bridgehead atoms. The van der Waals surface area contributed by atoms with Crippen LogP contribution in [0.4, 0.5) is 0 Å². The van der Waals surface area contributed by atoms with Gasteiger partial charge < -0.3 is 0 Å². The van der Waals surface area contributed by atoms with Gasteiger partial charge in [0.15, 0.2) is 0 Å². The van der Waals surface area contributed by atoms with Crippen LogP contribution in [0.5, 0.6) is 0 Å². The number of carbonyl (C=O) groups is 1. The van der Waals surface area contributed by atoms with E-state index in [4.69, 9.17) is 0 Å². The largest absolute Gasteiger partial charge is 0.300 e. The lowest BCUT2D eigenvalue weighted by Gasteiger charge is -2.03. The van der Waals surface area contributed by atoms with Gasteiger partial charge in [-0.15, -0.1) is 0 Å². The van der Waals surface area contributed by atoms with E-state index in [0.717, 1.165) is 19.3 Å². The van der Waals surface area contributed by atoms with Crippen molar-refractivity contribution in [1.29, 1.82) is 0 Å². The van der Waals surface area contributed by atoms with Gasteiger partial charge in [0.1, 0.15) is 5.78 Å². The molecule has 0 heterocycles. The summed E-state index contributed by atoms with van der Waals surface area (Å²) in [6.45, 7) is 2.25. The van der Waals surface area contributed by atoms with E-state index < -0.39 is 0 Å². The predicted octanol–water partition coefficient (Wildman–Crippen LogP) is 5.72. The number of ketones is 1. The molecule has 1 aromatic carbocycles. The molecule has 0 radical (unpaired) electrons. The molecule has 1 rings (SSSR count). The van der Waals surface area contributed by atoms with E-state index in [1.807, 2.05) is 18.2 Å². The molecule has 0 saturated carbocycles. The topological polar surface area (TPSA) is 17.1 Å². The quantitative estimate of drug-likeness (QED) is 0.445. The Bertz CT molecular complexity index is 342. The highest BCUT2D eigenvalue weighted by Gasteiger charge is 2.02. The van der Waals surface area contributed by atoms with E-state index in [9.17, 15) is 4.79 Å². The number of Topliss-reactive ketones (excluding diaryl/α,β-unsaturated/α-hetero) is 1. The Morgan fingerprint density at radius 2 is 1.40 bits per heavy atom. The zero-order valence-corrected chi connectivity index (χ0v) is 13.1. The fourth-order valence-electron chi connectivity index (χ4n) is 2.51. The molecule has 0 aromatic heterocycles. The normalized spacial score (nSPS) is 10.7. The SMILES string of the molecule is CCCCCCCCCCC(=O)CCc1ccccc1. The molecule has 1 aromatic rings. The molecule has 0 aliphatic heterocycles. The Morgan fingerprint density at radius 3 is 2.05 bits per heavy atom. The molecule has 20 heavy (non-hydrogen) atoms. The number of hydrogen-bond donors (Lipinski definition) is 0. The molecular weight excluding hydrogens is 244 g/mol. The third-order valence-corrected chi connectivity index (χ3v) is 3.84. The van der Waals surface area contributed by atoms with Gasteiger partial charge >= 0.3 is 0 Å². The van der Waals surface area contributed by atoms with Crippen molar-refractivity contribution in [1.82, 2.24) is 0 Å². The lowest BCUT2D eigenvalue weighted by atomic mass is 10.0. The highest BCUT2D eigenvalue weighted by molar-refractivity contribution is 5.78. The Morgan fingerprint density at radius 1 is 0.800 bits per heavy atom. The van der Waals surface area contributed by atoms with Gasteiger partial charge in [-0.2, -0.15) is 0 Å². The second kappa shape index (κ2) is 11.7. The van der Waals surface area contributed by atoms with Gasteiger partial charge in [-0.25, -0.2) is 0 Å². The molecule has 112 valence electrons. The molecule has 1 heteroatoms. The summed E-state index contributed by atoms with van der Waals surface area (Å²) < 4.78 is 0. The van der Waals surface area contributed by atoms with Crippen LogP contribution in [-0.2, 0) is 11.2 Å². The van der Waals surface area contributed by atoms with Crippen molar-refractivity contribution in [2.45, 2.75) is 77.6 Å². The number of benzene rings is 1. The van der Waals surface area contributed by atoms with Crippen molar-refractivity contribution in [2.75, 3.05) is 0 Å². The second-order valence-electron chi connectivity index (χ2n) is 5.75. The zero-order chi connectivity index (χ0) is 14.5. The molecule has 0 fully saturated rings. The monoisotopic (exact) mass is 274 g/mol. The first-order valence-electron chi connectivity index (χ1n) is 8.38. The Hall–Kier alpha value is -1.11. The van der Waals surface area contributed by atoms with E-state index in [-0.39, 0.29) is 0 Å². The second-order valence-corrected chi connectivity index (χ2v) is 5.75. The minimum atomic E-state index is 0.430. The number of unbranched alkanes of at least 4 members (excludes halogenated alkanes) is 7. The van der Waals surface area contributed by atoms with Crippen molar-refractivity contribution < 1.29 is 4.79 Å². The summed E-state index contributed by atoms with van der Waals surface area (Å²) in [6.07, 6.45) is 12.8. The molecule has 0 saturated heterocycles.